The van der Waals surface area contributed by atoms with Gasteiger partial charge in [0.1, 0.15) is 17.6 Å². The number of benzene rings is 2. The molecular formula is C19H20FN3O3. The number of carbonyl (C=O) groups is 2. The predicted molar refractivity (Wildman–Crippen MR) is 95.7 cm³/mol. The van der Waals surface area contributed by atoms with Crippen molar-refractivity contribution in [3.05, 3.63) is 59.9 Å². The van der Waals surface area contributed by atoms with Crippen molar-refractivity contribution in [2.75, 3.05) is 26.0 Å². The number of hydrogen-bond acceptors (Lipinski definition) is 3. The summed E-state index contributed by atoms with van der Waals surface area (Å²) in [6.07, 6.45) is 0. The van der Waals surface area contributed by atoms with Crippen molar-refractivity contribution in [3.63, 3.8) is 0 Å². The zero-order valence-corrected chi connectivity index (χ0v) is 14.5. The highest BCUT2D eigenvalue weighted by Crippen LogP contribution is 2.29. The molecule has 6 nitrogen and oxygen atoms in total. The van der Waals surface area contributed by atoms with E-state index in [4.69, 9.17) is 4.74 Å². The van der Waals surface area contributed by atoms with Gasteiger partial charge < -0.3 is 20.3 Å². The Morgan fingerprint density at radius 1 is 1.15 bits per heavy atom. The molecule has 1 aliphatic heterocycles. The molecule has 3 rings (SSSR count). The number of halogens is 1. The Kier molecular flexibility index (Phi) is 5.06. The number of nitrogens with one attached hydrogen (secondary N) is 2. The summed E-state index contributed by atoms with van der Waals surface area (Å²) in [6.45, 7) is 0.507. The number of urea groups is 1. The fraction of sp³-hybridized carbons (Fsp3) is 0.263. The molecule has 1 saturated heterocycles. The molecule has 26 heavy (non-hydrogen) atoms. The first-order chi connectivity index (χ1) is 12.5. The molecule has 1 aliphatic rings. The van der Waals surface area contributed by atoms with Crippen LogP contribution >= 0.6 is 0 Å². The minimum atomic E-state index is -0.672. The third-order valence-corrected chi connectivity index (χ3v) is 4.45. The second-order valence-electron chi connectivity index (χ2n) is 6.18. The lowest BCUT2D eigenvalue weighted by Crippen LogP contribution is -2.44. The van der Waals surface area contributed by atoms with Gasteiger partial charge in [-0.2, -0.15) is 0 Å². The van der Waals surface area contributed by atoms with Crippen LogP contribution in [0, 0.1) is 5.82 Å². The monoisotopic (exact) mass is 357 g/mol. The minimum Gasteiger partial charge on any atom is -0.497 e. The van der Waals surface area contributed by atoms with Crippen LogP contribution in [0.1, 0.15) is 11.5 Å². The van der Waals surface area contributed by atoms with Crippen molar-refractivity contribution >= 4 is 17.6 Å². The highest BCUT2D eigenvalue weighted by atomic mass is 19.1. The molecule has 2 aromatic rings. The van der Waals surface area contributed by atoms with Crippen LogP contribution in [0.25, 0.3) is 0 Å². The maximum absolute atomic E-state index is 13.0. The Hall–Kier alpha value is -3.09. The number of nitrogens with zero attached hydrogens (tertiary/aromatic N) is 1. The molecule has 0 bridgehead atoms. The lowest BCUT2D eigenvalue weighted by atomic mass is 9.94. The number of likely N-dealkylation sites (N-methyl/N-ethyl adjacent to an activating group) is 1. The summed E-state index contributed by atoms with van der Waals surface area (Å²) in [5, 5.41) is 5.35. The van der Waals surface area contributed by atoms with Crippen LogP contribution in [0.5, 0.6) is 5.75 Å². The molecule has 2 atom stereocenters. The molecule has 2 aromatic carbocycles. The number of rotatable bonds is 4. The SMILES string of the molecule is COc1ccc(C2CN(C)C(=O)[C@H]2NC(=O)Nc2ccc(F)cc2)cc1. The average Bonchev–Trinajstić information content (AvgIpc) is 2.92. The van der Waals surface area contributed by atoms with Gasteiger partial charge in [0, 0.05) is 25.2 Å². The molecule has 0 saturated carbocycles. The van der Waals surface area contributed by atoms with Crippen LogP contribution in [0.2, 0.25) is 0 Å². The molecule has 0 radical (unpaired) electrons. The van der Waals surface area contributed by atoms with Crippen molar-refractivity contribution in [1.82, 2.24) is 10.2 Å². The minimum absolute atomic E-state index is 0.153. The first-order valence-electron chi connectivity index (χ1n) is 8.20. The summed E-state index contributed by atoms with van der Waals surface area (Å²) >= 11 is 0. The molecule has 0 aliphatic carbocycles. The van der Waals surface area contributed by atoms with Gasteiger partial charge in [-0.15, -0.1) is 0 Å². The number of carbonyl (C=O) groups excluding carboxylic acids is 2. The smallest absolute Gasteiger partial charge is 0.319 e. The van der Waals surface area contributed by atoms with Gasteiger partial charge in [-0.05, 0) is 42.0 Å². The molecule has 0 aromatic heterocycles. The summed E-state index contributed by atoms with van der Waals surface area (Å²) in [6, 6.07) is 11.7. The van der Waals surface area contributed by atoms with Gasteiger partial charge >= 0.3 is 6.03 Å². The van der Waals surface area contributed by atoms with Crippen molar-refractivity contribution < 1.29 is 18.7 Å². The topological polar surface area (TPSA) is 70.7 Å². The normalized spacial score (nSPS) is 19.3. The van der Waals surface area contributed by atoms with Crippen LogP contribution < -0.4 is 15.4 Å². The van der Waals surface area contributed by atoms with E-state index in [0.29, 0.717) is 12.2 Å². The summed E-state index contributed by atoms with van der Waals surface area (Å²) in [5.74, 6) is 0.0190. The molecule has 1 fully saturated rings. The summed E-state index contributed by atoms with van der Waals surface area (Å²) in [7, 11) is 3.30. The molecule has 0 spiro atoms. The number of likely N-dealkylation sites (tertiary alicyclic amines) is 1. The first-order valence-corrected chi connectivity index (χ1v) is 8.20. The molecule has 2 N–H and O–H groups in total. The van der Waals surface area contributed by atoms with Crippen molar-refractivity contribution in [3.8, 4) is 5.75 Å². The zero-order valence-electron chi connectivity index (χ0n) is 14.5. The van der Waals surface area contributed by atoms with Gasteiger partial charge in [0.15, 0.2) is 0 Å². The Morgan fingerprint density at radius 2 is 1.81 bits per heavy atom. The Bertz CT molecular complexity index is 793. The van der Waals surface area contributed by atoms with Gasteiger partial charge in [0.25, 0.3) is 0 Å². The molecule has 1 heterocycles. The lowest BCUT2D eigenvalue weighted by Gasteiger charge is -2.19. The number of methoxy groups -OCH3 is 1. The molecule has 1 unspecified atom stereocenters. The Balaban J connectivity index is 1.73. The van der Waals surface area contributed by atoms with Gasteiger partial charge in [0.2, 0.25) is 5.91 Å². The highest BCUT2D eigenvalue weighted by Gasteiger charge is 2.40. The van der Waals surface area contributed by atoms with E-state index in [1.807, 2.05) is 24.3 Å². The van der Waals surface area contributed by atoms with E-state index < -0.39 is 12.1 Å². The maximum atomic E-state index is 13.0. The summed E-state index contributed by atoms with van der Waals surface area (Å²) in [5.41, 5.74) is 1.39. The first kappa shape index (κ1) is 17.7. The molecule has 136 valence electrons. The van der Waals surface area contributed by atoms with E-state index in [1.165, 1.54) is 24.3 Å². The average molecular weight is 357 g/mol. The van der Waals surface area contributed by atoms with Crippen LogP contribution in [0.3, 0.4) is 0 Å². The van der Waals surface area contributed by atoms with Crippen LogP contribution in [-0.4, -0.2) is 43.6 Å². The third-order valence-electron chi connectivity index (χ3n) is 4.45. The predicted octanol–water partition coefficient (Wildman–Crippen LogP) is 2.58. The number of hydrogen-bond donors (Lipinski definition) is 2. The van der Waals surface area contributed by atoms with Crippen molar-refractivity contribution in [2.45, 2.75) is 12.0 Å². The molecule has 3 amide bonds. The Labute approximate surface area is 150 Å². The number of ether oxygens (including phenoxy) is 1. The van der Waals surface area contributed by atoms with E-state index in [0.717, 1.165) is 11.3 Å². The second-order valence-corrected chi connectivity index (χ2v) is 6.18. The largest absolute Gasteiger partial charge is 0.497 e. The van der Waals surface area contributed by atoms with E-state index in [9.17, 15) is 14.0 Å². The van der Waals surface area contributed by atoms with Crippen LogP contribution in [0.15, 0.2) is 48.5 Å². The molecular weight excluding hydrogens is 337 g/mol. The fourth-order valence-corrected chi connectivity index (χ4v) is 3.05. The fourth-order valence-electron chi connectivity index (χ4n) is 3.05. The highest BCUT2D eigenvalue weighted by molar-refractivity contribution is 5.95. The van der Waals surface area contributed by atoms with Gasteiger partial charge in [0.05, 0.1) is 7.11 Å². The van der Waals surface area contributed by atoms with Crippen LogP contribution in [0.4, 0.5) is 14.9 Å². The number of amides is 3. The van der Waals surface area contributed by atoms with Gasteiger partial charge in [-0.1, -0.05) is 12.1 Å². The van der Waals surface area contributed by atoms with Crippen LogP contribution in [-0.2, 0) is 4.79 Å². The quantitative estimate of drug-likeness (QED) is 0.884. The van der Waals surface area contributed by atoms with E-state index in [2.05, 4.69) is 10.6 Å². The van der Waals surface area contributed by atoms with E-state index in [-0.39, 0.29) is 17.6 Å². The van der Waals surface area contributed by atoms with E-state index in [1.54, 1.807) is 19.1 Å². The Morgan fingerprint density at radius 3 is 2.42 bits per heavy atom. The lowest BCUT2D eigenvalue weighted by molar-refractivity contribution is -0.128. The summed E-state index contributed by atoms with van der Waals surface area (Å²) < 4.78 is 18.1. The van der Waals surface area contributed by atoms with Crippen molar-refractivity contribution in [1.29, 1.82) is 0 Å². The maximum Gasteiger partial charge on any atom is 0.319 e. The standard InChI is InChI=1S/C19H20FN3O3/c1-23-11-16(12-3-9-15(26-2)10-4-12)17(18(23)24)22-19(25)21-14-7-5-13(20)6-8-14/h3-10,16-17H,11H2,1-2H3,(H2,21,22,25)/t16?,17-/m0/s1. The van der Waals surface area contributed by atoms with Gasteiger partial charge in [-0.25, -0.2) is 9.18 Å². The second kappa shape index (κ2) is 7.43. The van der Waals surface area contributed by atoms with E-state index >= 15 is 0 Å². The van der Waals surface area contributed by atoms with Gasteiger partial charge in [-0.3, -0.25) is 4.79 Å². The third kappa shape index (κ3) is 3.77. The zero-order chi connectivity index (χ0) is 18.7. The number of anilines is 1. The molecule has 7 heteroatoms. The van der Waals surface area contributed by atoms with Crippen molar-refractivity contribution in [2.24, 2.45) is 0 Å². The summed E-state index contributed by atoms with van der Waals surface area (Å²) in [4.78, 5) is 26.3.